The molecule has 0 atom stereocenters. The van der Waals surface area contributed by atoms with E-state index in [1.54, 1.807) is 17.0 Å². The van der Waals surface area contributed by atoms with Gasteiger partial charge in [0.25, 0.3) is 11.6 Å². The molecule has 3 aromatic rings. The monoisotopic (exact) mass is 422 g/mol. The van der Waals surface area contributed by atoms with Crippen LogP contribution in [0.5, 0.6) is 0 Å². The SMILES string of the molecule is Cc1ccc(C)n1-c1cc([N+](=O)[O-])ccc1N1CCN(C(=O)c2ccc(F)cc2)CC1. The standard InChI is InChI=1S/C23H23FN4O3/c1-16-3-4-17(2)27(16)22-15-20(28(30)31)9-10-21(22)25-11-13-26(14-12-25)23(29)18-5-7-19(24)8-6-18/h3-10,15H,11-14H2,1-2H3. The molecule has 2 heterocycles. The summed E-state index contributed by atoms with van der Waals surface area (Å²) in [7, 11) is 0. The van der Waals surface area contributed by atoms with Crippen LogP contribution in [0.25, 0.3) is 5.69 Å². The highest BCUT2D eigenvalue weighted by atomic mass is 19.1. The molecule has 2 aromatic carbocycles. The molecule has 1 fully saturated rings. The van der Waals surface area contributed by atoms with Gasteiger partial charge in [0, 0.05) is 55.3 Å². The summed E-state index contributed by atoms with van der Waals surface area (Å²) in [5.74, 6) is -0.497. The normalized spacial score (nSPS) is 14.0. The second kappa shape index (κ2) is 8.22. The zero-order valence-electron chi connectivity index (χ0n) is 17.4. The molecular formula is C23H23FN4O3. The van der Waals surface area contributed by atoms with Gasteiger partial charge in [-0.2, -0.15) is 0 Å². The Morgan fingerprint density at radius 3 is 2.10 bits per heavy atom. The third-order valence-corrected chi connectivity index (χ3v) is 5.68. The number of nitrogens with zero attached hydrogens (tertiary/aromatic N) is 4. The van der Waals surface area contributed by atoms with Gasteiger partial charge >= 0.3 is 0 Å². The van der Waals surface area contributed by atoms with Crippen LogP contribution < -0.4 is 4.90 Å². The van der Waals surface area contributed by atoms with Crippen LogP contribution in [0.4, 0.5) is 15.8 Å². The van der Waals surface area contributed by atoms with E-state index >= 15 is 0 Å². The number of carbonyl (C=O) groups excluding carboxylic acids is 1. The molecule has 0 bridgehead atoms. The molecule has 1 saturated heterocycles. The highest BCUT2D eigenvalue weighted by Crippen LogP contribution is 2.32. The number of amides is 1. The number of carbonyl (C=O) groups is 1. The molecule has 0 N–H and O–H groups in total. The van der Waals surface area contributed by atoms with Crippen LogP contribution in [0.1, 0.15) is 21.7 Å². The van der Waals surface area contributed by atoms with Crippen LogP contribution in [0.2, 0.25) is 0 Å². The van der Waals surface area contributed by atoms with Crippen LogP contribution in [0.15, 0.2) is 54.6 Å². The van der Waals surface area contributed by atoms with Crippen LogP contribution in [-0.4, -0.2) is 46.5 Å². The summed E-state index contributed by atoms with van der Waals surface area (Å²) in [6.45, 7) is 6.14. The van der Waals surface area contributed by atoms with E-state index in [9.17, 15) is 19.3 Å². The van der Waals surface area contributed by atoms with Crippen LogP contribution >= 0.6 is 0 Å². The van der Waals surface area contributed by atoms with Crippen molar-refractivity contribution in [3.05, 3.63) is 87.5 Å². The number of nitro groups is 1. The van der Waals surface area contributed by atoms with Gasteiger partial charge in [0.2, 0.25) is 0 Å². The van der Waals surface area contributed by atoms with Crippen LogP contribution in [-0.2, 0) is 0 Å². The molecule has 8 heteroatoms. The molecule has 1 aliphatic heterocycles. The van der Waals surface area contributed by atoms with Gasteiger partial charge in [0.15, 0.2) is 0 Å². The van der Waals surface area contributed by atoms with Crippen molar-refractivity contribution in [1.29, 1.82) is 0 Å². The summed E-state index contributed by atoms with van der Waals surface area (Å²) in [6, 6.07) is 14.4. The lowest BCUT2D eigenvalue weighted by Crippen LogP contribution is -2.49. The first-order chi connectivity index (χ1) is 14.8. The number of non-ortho nitro benzene ring substituents is 1. The second-order valence-electron chi connectivity index (χ2n) is 7.67. The van der Waals surface area contributed by atoms with Crippen molar-refractivity contribution in [1.82, 2.24) is 9.47 Å². The first-order valence-electron chi connectivity index (χ1n) is 10.1. The highest BCUT2D eigenvalue weighted by Gasteiger charge is 2.25. The van der Waals surface area contributed by atoms with Gasteiger partial charge < -0.3 is 14.4 Å². The number of anilines is 1. The van der Waals surface area contributed by atoms with Crippen molar-refractivity contribution in [2.24, 2.45) is 0 Å². The Hall–Kier alpha value is -3.68. The van der Waals surface area contributed by atoms with Crippen LogP contribution in [0.3, 0.4) is 0 Å². The topological polar surface area (TPSA) is 71.6 Å². The number of rotatable bonds is 4. The van der Waals surface area contributed by atoms with Gasteiger partial charge in [0.05, 0.1) is 16.3 Å². The molecule has 1 amide bonds. The Balaban J connectivity index is 1.59. The molecule has 31 heavy (non-hydrogen) atoms. The summed E-state index contributed by atoms with van der Waals surface area (Å²) < 4.78 is 15.2. The molecule has 4 rings (SSSR count). The molecule has 160 valence electrons. The van der Waals surface area contributed by atoms with E-state index in [1.807, 2.05) is 30.5 Å². The van der Waals surface area contributed by atoms with Crippen molar-refractivity contribution in [3.63, 3.8) is 0 Å². The van der Waals surface area contributed by atoms with Crippen LogP contribution in [0, 0.1) is 29.8 Å². The first kappa shape index (κ1) is 20.6. The Bertz CT molecular complexity index is 1110. The summed E-state index contributed by atoms with van der Waals surface area (Å²) in [6.07, 6.45) is 0. The zero-order valence-corrected chi connectivity index (χ0v) is 17.4. The van der Waals surface area contributed by atoms with Gasteiger partial charge in [-0.05, 0) is 56.3 Å². The largest absolute Gasteiger partial charge is 0.366 e. The Labute approximate surface area is 179 Å². The average Bonchev–Trinajstić information content (AvgIpc) is 3.11. The van der Waals surface area contributed by atoms with Crippen molar-refractivity contribution in [2.75, 3.05) is 31.1 Å². The number of nitro benzene ring substituents is 1. The van der Waals surface area contributed by atoms with Crippen molar-refractivity contribution in [2.45, 2.75) is 13.8 Å². The predicted octanol–water partition coefficient (Wildman–Crippen LogP) is 4.10. The van der Waals surface area contributed by atoms with Crippen molar-refractivity contribution >= 4 is 17.3 Å². The number of piperazine rings is 1. The lowest BCUT2D eigenvalue weighted by Gasteiger charge is -2.37. The quantitative estimate of drug-likeness (QED) is 0.469. The zero-order chi connectivity index (χ0) is 22.1. The Kier molecular flexibility index (Phi) is 5.46. The minimum absolute atomic E-state index is 0.0383. The number of aromatic nitrogens is 1. The fraction of sp³-hybridized carbons (Fsp3) is 0.261. The minimum Gasteiger partial charge on any atom is -0.366 e. The van der Waals surface area contributed by atoms with E-state index in [-0.39, 0.29) is 22.3 Å². The number of hydrogen-bond acceptors (Lipinski definition) is 4. The van der Waals surface area contributed by atoms with Gasteiger partial charge in [-0.15, -0.1) is 0 Å². The maximum Gasteiger partial charge on any atom is 0.271 e. The number of halogens is 1. The third kappa shape index (κ3) is 4.01. The predicted molar refractivity (Wildman–Crippen MR) is 116 cm³/mol. The smallest absolute Gasteiger partial charge is 0.271 e. The fourth-order valence-electron chi connectivity index (χ4n) is 4.05. The molecule has 0 radical (unpaired) electrons. The molecule has 1 aromatic heterocycles. The summed E-state index contributed by atoms with van der Waals surface area (Å²) in [5, 5.41) is 11.4. The molecule has 1 aliphatic rings. The second-order valence-corrected chi connectivity index (χ2v) is 7.67. The lowest BCUT2D eigenvalue weighted by molar-refractivity contribution is -0.384. The average molecular weight is 422 g/mol. The van der Waals surface area contributed by atoms with E-state index in [2.05, 4.69) is 4.90 Å². The van der Waals surface area contributed by atoms with E-state index in [0.717, 1.165) is 22.8 Å². The van der Waals surface area contributed by atoms with Gasteiger partial charge in [-0.1, -0.05) is 0 Å². The fourth-order valence-corrected chi connectivity index (χ4v) is 4.05. The summed E-state index contributed by atoms with van der Waals surface area (Å²) >= 11 is 0. The third-order valence-electron chi connectivity index (χ3n) is 5.68. The molecule has 0 unspecified atom stereocenters. The summed E-state index contributed by atoms with van der Waals surface area (Å²) in [4.78, 5) is 27.6. The van der Waals surface area contributed by atoms with E-state index in [1.165, 1.54) is 30.3 Å². The maximum absolute atomic E-state index is 13.1. The van der Waals surface area contributed by atoms with Crippen molar-refractivity contribution < 1.29 is 14.1 Å². The highest BCUT2D eigenvalue weighted by molar-refractivity contribution is 5.94. The van der Waals surface area contributed by atoms with E-state index in [4.69, 9.17) is 0 Å². The summed E-state index contributed by atoms with van der Waals surface area (Å²) in [5.41, 5.74) is 4.13. The van der Waals surface area contributed by atoms with E-state index < -0.39 is 0 Å². The molecular weight excluding hydrogens is 399 g/mol. The first-order valence-corrected chi connectivity index (χ1v) is 10.1. The van der Waals surface area contributed by atoms with Gasteiger partial charge in [0.1, 0.15) is 5.82 Å². The number of hydrogen-bond donors (Lipinski definition) is 0. The van der Waals surface area contributed by atoms with Gasteiger partial charge in [-0.25, -0.2) is 4.39 Å². The minimum atomic E-state index is -0.388. The number of benzene rings is 2. The molecule has 0 saturated carbocycles. The lowest BCUT2D eigenvalue weighted by atomic mass is 10.1. The number of aryl methyl sites for hydroxylation is 2. The Morgan fingerprint density at radius 1 is 0.903 bits per heavy atom. The molecule has 7 nitrogen and oxygen atoms in total. The maximum atomic E-state index is 13.1. The Morgan fingerprint density at radius 2 is 1.52 bits per heavy atom. The molecule has 0 aliphatic carbocycles. The van der Waals surface area contributed by atoms with Crippen molar-refractivity contribution in [3.8, 4) is 5.69 Å². The molecule has 0 spiro atoms. The van der Waals surface area contributed by atoms with Gasteiger partial charge in [-0.3, -0.25) is 14.9 Å². The van der Waals surface area contributed by atoms with E-state index in [0.29, 0.717) is 31.7 Å².